The highest BCUT2D eigenvalue weighted by Crippen LogP contribution is 2.27. The Morgan fingerprint density at radius 2 is 1.82 bits per heavy atom. The summed E-state index contributed by atoms with van der Waals surface area (Å²) < 4.78 is 12.8. The standard InChI is InChI=1S/C27H29N3O4/c1-4-14-33-23-7-5-6-19(15-23)16-30-17-21(10-13-24(30)32)25-28-26(34-29-25)20-8-11-22(12-9-20)27(2,3)18-31/h5-13,15,17,31H,4,14,16,18H2,1-3H3. The lowest BCUT2D eigenvalue weighted by Gasteiger charge is -2.22. The predicted molar refractivity (Wildman–Crippen MR) is 131 cm³/mol. The van der Waals surface area contributed by atoms with Gasteiger partial charge in [0.2, 0.25) is 5.82 Å². The van der Waals surface area contributed by atoms with Crippen molar-refractivity contribution in [2.24, 2.45) is 0 Å². The van der Waals surface area contributed by atoms with Gasteiger partial charge in [0.1, 0.15) is 5.75 Å². The van der Waals surface area contributed by atoms with E-state index in [1.807, 2.05) is 62.4 Å². The molecular weight excluding hydrogens is 430 g/mol. The molecule has 1 N–H and O–H groups in total. The minimum Gasteiger partial charge on any atom is -0.494 e. The summed E-state index contributed by atoms with van der Waals surface area (Å²) in [4.78, 5) is 17.0. The zero-order valence-electron chi connectivity index (χ0n) is 19.7. The highest BCUT2D eigenvalue weighted by Gasteiger charge is 2.20. The summed E-state index contributed by atoms with van der Waals surface area (Å²) in [5.41, 5.74) is 3.02. The first-order valence-electron chi connectivity index (χ1n) is 11.4. The number of hydrogen-bond acceptors (Lipinski definition) is 6. The highest BCUT2D eigenvalue weighted by molar-refractivity contribution is 5.59. The molecule has 0 radical (unpaired) electrons. The van der Waals surface area contributed by atoms with Gasteiger partial charge in [0.15, 0.2) is 0 Å². The first kappa shape index (κ1) is 23.4. The zero-order valence-corrected chi connectivity index (χ0v) is 19.7. The molecule has 0 aliphatic rings. The molecule has 34 heavy (non-hydrogen) atoms. The topological polar surface area (TPSA) is 90.4 Å². The number of hydrogen-bond donors (Lipinski definition) is 1. The van der Waals surface area contributed by atoms with Crippen LogP contribution in [0, 0.1) is 0 Å². The van der Waals surface area contributed by atoms with Gasteiger partial charge in [-0.2, -0.15) is 4.98 Å². The van der Waals surface area contributed by atoms with Crippen LogP contribution < -0.4 is 10.3 Å². The van der Waals surface area contributed by atoms with Gasteiger partial charge in [0, 0.05) is 28.8 Å². The van der Waals surface area contributed by atoms with Crippen LogP contribution in [-0.4, -0.2) is 33.0 Å². The summed E-state index contributed by atoms with van der Waals surface area (Å²) in [6.07, 6.45) is 2.67. The number of aromatic nitrogens is 3. The van der Waals surface area contributed by atoms with E-state index in [0.717, 1.165) is 28.9 Å². The van der Waals surface area contributed by atoms with Crippen molar-refractivity contribution in [2.45, 2.75) is 39.2 Å². The summed E-state index contributed by atoms with van der Waals surface area (Å²) in [6.45, 7) is 7.14. The Balaban J connectivity index is 1.55. The van der Waals surface area contributed by atoms with Gasteiger partial charge in [0.25, 0.3) is 11.4 Å². The molecule has 0 saturated carbocycles. The Bertz CT molecular complexity index is 1310. The molecule has 0 amide bonds. The second-order valence-corrected chi connectivity index (χ2v) is 8.92. The van der Waals surface area contributed by atoms with Crippen molar-refractivity contribution in [1.82, 2.24) is 14.7 Å². The van der Waals surface area contributed by atoms with Gasteiger partial charge in [-0.15, -0.1) is 0 Å². The van der Waals surface area contributed by atoms with Crippen molar-refractivity contribution < 1.29 is 14.4 Å². The van der Waals surface area contributed by atoms with Gasteiger partial charge in [-0.3, -0.25) is 4.79 Å². The number of pyridine rings is 1. The van der Waals surface area contributed by atoms with Crippen LogP contribution in [0.3, 0.4) is 0 Å². The maximum Gasteiger partial charge on any atom is 0.258 e. The van der Waals surface area contributed by atoms with Crippen LogP contribution in [0.2, 0.25) is 0 Å². The largest absolute Gasteiger partial charge is 0.494 e. The molecule has 7 nitrogen and oxygen atoms in total. The van der Waals surface area contributed by atoms with Gasteiger partial charge in [-0.25, -0.2) is 0 Å². The second-order valence-electron chi connectivity index (χ2n) is 8.92. The number of aliphatic hydroxyl groups is 1. The summed E-state index contributed by atoms with van der Waals surface area (Å²) in [6, 6.07) is 18.7. The molecule has 4 aromatic rings. The molecular formula is C27H29N3O4. The number of rotatable bonds is 9. The van der Waals surface area contributed by atoms with Crippen LogP contribution >= 0.6 is 0 Å². The Hall–Kier alpha value is -3.71. The first-order chi connectivity index (χ1) is 16.4. The lowest BCUT2D eigenvalue weighted by molar-refractivity contribution is 0.218. The van der Waals surface area contributed by atoms with E-state index in [9.17, 15) is 9.90 Å². The van der Waals surface area contributed by atoms with Gasteiger partial charge >= 0.3 is 0 Å². The van der Waals surface area contributed by atoms with Crippen molar-refractivity contribution in [3.63, 3.8) is 0 Å². The fourth-order valence-corrected chi connectivity index (χ4v) is 3.55. The van der Waals surface area contributed by atoms with E-state index in [4.69, 9.17) is 9.26 Å². The van der Waals surface area contributed by atoms with Crippen LogP contribution in [0.4, 0.5) is 0 Å². The molecule has 0 saturated heterocycles. The van der Waals surface area contributed by atoms with E-state index in [1.54, 1.807) is 16.8 Å². The van der Waals surface area contributed by atoms with Gasteiger partial charge in [-0.05, 0) is 47.9 Å². The Kier molecular flexibility index (Phi) is 6.93. The van der Waals surface area contributed by atoms with E-state index in [2.05, 4.69) is 17.1 Å². The smallest absolute Gasteiger partial charge is 0.258 e. The molecule has 0 spiro atoms. The van der Waals surface area contributed by atoms with E-state index >= 15 is 0 Å². The average Bonchev–Trinajstić information content (AvgIpc) is 3.35. The van der Waals surface area contributed by atoms with Crippen LogP contribution in [0.5, 0.6) is 5.75 Å². The van der Waals surface area contributed by atoms with Crippen LogP contribution in [0.1, 0.15) is 38.3 Å². The highest BCUT2D eigenvalue weighted by atomic mass is 16.5. The minimum absolute atomic E-state index is 0.0584. The molecule has 7 heteroatoms. The monoisotopic (exact) mass is 459 g/mol. The van der Waals surface area contributed by atoms with Gasteiger partial charge in [0.05, 0.1) is 19.8 Å². The maximum absolute atomic E-state index is 12.5. The van der Waals surface area contributed by atoms with Crippen molar-refractivity contribution in [3.05, 3.63) is 88.3 Å². The third-order valence-corrected chi connectivity index (χ3v) is 5.70. The fraction of sp³-hybridized carbons (Fsp3) is 0.296. The Morgan fingerprint density at radius 1 is 1.06 bits per heavy atom. The van der Waals surface area contributed by atoms with E-state index in [1.165, 1.54) is 6.07 Å². The van der Waals surface area contributed by atoms with E-state index in [0.29, 0.717) is 30.4 Å². The quantitative estimate of drug-likeness (QED) is 0.391. The molecule has 4 rings (SSSR count). The minimum atomic E-state index is -0.326. The molecule has 2 heterocycles. The van der Waals surface area contributed by atoms with E-state index < -0.39 is 0 Å². The molecule has 0 aliphatic carbocycles. The maximum atomic E-state index is 12.5. The predicted octanol–water partition coefficient (Wildman–Crippen LogP) is 4.67. The third kappa shape index (κ3) is 5.26. The van der Waals surface area contributed by atoms with Gasteiger partial charge in [-0.1, -0.05) is 50.2 Å². The SMILES string of the molecule is CCCOc1cccc(Cn2cc(-c3noc(-c4ccc(C(C)(C)CO)cc4)n3)ccc2=O)c1. The lowest BCUT2D eigenvalue weighted by Crippen LogP contribution is -2.21. The molecule has 176 valence electrons. The average molecular weight is 460 g/mol. The van der Waals surface area contributed by atoms with Crippen molar-refractivity contribution in [3.8, 4) is 28.6 Å². The third-order valence-electron chi connectivity index (χ3n) is 5.70. The van der Waals surface area contributed by atoms with Crippen molar-refractivity contribution in [1.29, 1.82) is 0 Å². The summed E-state index contributed by atoms with van der Waals surface area (Å²) in [5, 5.41) is 13.7. The first-order valence-corrected chi connectivity index (χ1v) is 11.4. The fourth-order valence-electron chi connectivity index (χ4n) is 3.55. The molecule has 0 atom stereocenters. The van der Waals surface area contributed by atoms with Crippen molar-refractivity contribution in [2.75, 3.05) is 13.2 Å². The van der Waals surface area contributed by atoms with Crippen molar-refractivity contribution >= 4 is 0 Å². The van der Waals surface area contributed by atoms with Crippen LogP contribution in [-0.2, 0) is 12.0 Å². The molecule has 0 bridgehead atoms. The molecule has 0 unspecified atom stereocenters. The summed E-state index contributed by atoms with van der Waals surface area (Å²) >= 11 is 0. The lowest BCUT2D eigenvalue weighted by atomic mass is 9.85. The Morgan fingerprint density at radius 3 is 2.56 bits per heavy atom. The van der Waals surface area contributed by atoms with Crippen LogP contribution in [0.25, 0.3) is 22.8 Å². The number of nitrogens with zero attached hydrogens (tertiary/aromatic N) is 3. The molecule has 0 fully saturated rings. The number of aliphatic hydroxyl groups excluding tert-OH is 1. The molecule has 2 aromatic heterocycles. The molecule has 2 aromatic carbocycles. The van der Waals surface area contributed by atoms with E-state index in [-0.39, 0.29) is 17.6 Å². The summed E-state index contributed by atoms with van der Waals surface area (Å²) in [5.74, 6) is 1.59. The Labute approximate surface area is 198 Å². The van der Waals surface area contributed by atoms with Gasteiger partial charge < -0.3 is 18.9 Å². The number of benzene rings is 2. The second kappa shape index (κ2) is 10.1. The number of ether oxygens (including phenoxy) is 1. The zero-order chi connectivity index (χ0) is 24.1. The van der Waals surface area contributed by atoms with Crippen LogP contribution in [0.15, 0.2) is 76.2 Å². The summed E-state index contributed by atoms with van der Waals surface area (Å²) in [7, 11) is 0. The normalized spacial score (nSPS) is 11.5. The molecule has 0 aliphatic heterocycles.